The zero-order valence-electron chi connectivity index (χ0n) is 14.9. The molecule has 1 N–H and O–H groups in total. The molecule has 1 aliphatic heterocycles. The van der Waals surface area contributed by atoms with E-state index in [1.165, 1.54) is 12.8 Å². The van der Waals surface area contributed by atoms with Crippen molar-refractivity contribution in [2.24, 2.45) is 0 Å². The average molecular weight is 350 g/mol. The molecule has 3 aromatic heterocycles. The highest BCUT2D eigenvalue weighted by molar-refractivity contribution is 5.87. The first-order valence-electron chi connectivity index (χ1n) is 9.09. The lowest BCUT2D eigenvalue weighted by atomic mass is 10.1. The molecule has 1 saturated carbocycles. The maximum atomic E-state index is 5.26. The molecule has 0 atom stereocenters. The third-order valence-electron chi connectivity index (χ3n) is 5.71. The monoisotopic (exact) mass is 350 g/mol. The molecule has 7 heteroatoms. The number of hydrogen-bond donors (Lipinski definition) is 1. The molecule has 4 heterocycles. The lowest BCUT2D eigenvalue weighted by Gasteiger charge is -2.35. The fourth-order valence-corrected chi connectivity index (χ4v) is 4.18. The Labute approximate surface area is 151 Å². The highest BCUT2D eigenvalue weighted by Crippen LogP contribution is 2.48. The van der Waals surface area contributed by atoms with Crippen LogP contribution in [-0.4, -0.2) is 50.2 Å². The molecule has 3 aromatic rings. The van der Waals surface area contributed by atoms with Gasteiger partial charge in [0.25, 0.3) is 0 Å². The van der Waals surface area contributed by atoms with Crippen LogP contribution in [0.25, 0.3) is 16.7 Å². The Bertz CT molecular complexity index is 969. The third-order valence-corrected chi connectivity index (χ3v) is 5.71. The maximum Gasteiger partial charge on any atom is 0.142 e. The van der Waals surface area contributed by atoms with Crippen LogP contribution < -0.4 is 4.90 Å². The molecule has 0 radical (unpaired) electrons. The van der Waals surface area contributed by atoms with E-state index in [2.05, 4.69) is 42.6 Å². The predicted molar refractivity (Wildman–Crippen MR) is 99.7 cm³/mol. The van der Waals surface area contributed by atoms with Gasteiger partial charge in [0.1, 0.15) is 23.6 Å². The van der Waals surface area contributed by atoms with Crippen LogP contribution in [0.4, 0.5) is 5.82 Å². The van der Waals surface area contributed by atoms with Crippen LogP contribution >= 0.6 is 0 Å². The third kappa shape index (κ3) is 2.30. The Hall–Kier alpha value is -2.83. The van der Waals surface area contributed by atoms with E-state index in [1.807, 2.05) is 13.1 Å². The lowest BCUT2D eigenvalue weighted by molar-refractivity contribution is 0.293. The van der Waals surface area contributed by atoms with E-state index in [0.717, 1.165) is 59.9 Å². The minimum absolute atomic E-state index is 0.130. The van der Waals surface area contributed by atoms with Crippen molar-refractivity contribution in [3.63, 3.8) is 0 Å². The molecule has 1 spiro atoms. The fourth-order valence-electron chi connectivity index (χ4n) is 4.18. The zero-order valence-corrected chi connectivity index (χ0v) is 14.9. The number of H-pyrrole nitrogens is 1. The van der Waals surface area contributed by atoms with Crippen molar-refractivity contribution >= 4 is 22.5 Å². The predicted octanol–water partition coefficient (Wildman–Crippen LogP) is 2.97. The minimum Gasteiger partial charge on any atom is -0.364 e. The molecule has 7 nitrogen and oxygen atoms in total. The van der Waals surface area contributed by atoms with Gasteiger partial charge in [0.05, 0.1) is 22.7 Å². The summed E-state index contributed by atoms with van der Waals surface area (Å²) >= 11 is 0. The standard InChI is InChI=1S/C19H22N6O/c1-13(16-10-23-26-14(16)2)25-9-3-8-24(11-19(25)5-6-19)18-15-4-7-20-17(15)21-12-22-18/h4,7,10,12H,1,3,5-6,8-9,11H2,2H3,(H,20,21,22). The normalized spacial score (nSPS) is 19.1. The van der Waals surface area contributed by atoms with E-state index in [4.69, 9.17) is 4.52 Å². The van der Waals surface area contributed by atoms with Gasteiger partial charge in [-0.05, 0) is 32.3 Å². The quantitative estimate of drug-likeness (QED) is 0.783. The molecule has 1 saturated heterocycles. The van der Waals surface area contributed by atoms with Gasteiger partial charge in [-0.1, -0.05) is 11.7 Å². The Kier molecular flexibility index (Phi) is 3.32. The highest BCUT2D eigenvalue weighted by atomic mass is 16.5. The number of aryl methyl sites for hydroxylation is 1. The number of aromatic amines is 1. The highest BCUT2D eigenvalue weighted by Gasteiger charge is 2.51. The van der Waals surface area contributed by atoms with Crippen molar-refractivity contribution in [3.8, 4) is 0 Å². The number of nitrogens with one attached hydrogen (secondary N) is 1. The molecule has 0 bridgehead atoms. The summed E-state index contributed by atoms with van der Waals surface area (Å²) in [6.45, 7) is 9.24. The van der Waals surface area contributed by atoms with Gasteiger partial charge in [-0.3, -0.25) is 0 Å². The molecule has 0 unspecified atom stereocenters. The summed E-state index contributed by atoms with van der Waals surface area (Å²) in [6.07, 6.45) is 8.76. The van der Waals surface area contributed by atoms with E-state index < -0.39 is 0 Å². The van der Waals surface area contributed by atoms with E-state index in [-0.39, 0.29) is 5.54 Å². The number of fused-ring (bicyclic) bond motifs is 1. The second-order valence-corrected chi connectivity index (χ2v) is 7.33. The van der Waals surface area contributed by atoms with Gasteiger partial charge < -0.3 is 19.3 Å². The largest absolute Gasteiger partial charge is 0.364 e. The van der Waals surface area contributed by atoms with Crippen LogP contribution in [0.15, 0.2) is 35.9 Å². The van der Waals surface area contributed by atoms with Crippen molar-refractivity contribution in [1.82, 2.24) is 25.0 Å². The van der Waals surface area contributed by atoms with Gasteiger partial charge in [0.15, 0.2) is 0 Å². The van der Waals surface area contributed by atoms with Gasteiger partial charge >= 0.3 is 0 Å². The molecule has 2 fully saturated rings. The van der Waals surface area contributed by atoms with Crippen molar-refractivity contribution < 1.29 is 4.52 Å². The number of rotatable bonds is 3. The van der Waals surface area contributed by atoms with Gasteiger partial charge in [-0.2, -0.15) is 0 Å². The van der Waals surface area contributed by atoms with Crippen LogP contribution in [0.3, 0.4) is 0 Å². The first-order valence-corrected chi connectivity index (χ1v) is 9.09. The number of hydrogen-bond acceptors (Lipinski definition) is 6. The topological polar surface area (TPSA) is 74.1 Å². The van der Waals surface area contributed by atoms with E-state index in [0.29, 0.717) is 0 Å². The van der Waals surface area contributed by atoms with Gasteiger partial charge in [0, 0.05) is 31.5 Å². The Balaban J connectivity index is 1.47. The van der Waals surface area contributed by atoms with Crippen molar-refractivity contribution in [2.45, 2.75) is 31.7 Å². The van der Waals surface area contributed by atoms with Crippen molar-refractivity contribution in [3.05, 3.63) is 42.7 Å². The van der Waals surface area contributed by atoms with E-state index in [1.54, 1.807) is 12.5 Å². The lowest BCUT2D eigenvalue weighted by Crippen LogP contribution is -2.42. The molecule has 0 aromatic carbocycles. The fraction of sp³-hybridized carbons (Fsp3) is 0.421. The van der Waals surface area contributed by atoms with Gasteiger partial charge in [-0.15, -0.1) is 0 Å². The Morgan fingerprint density at radius 2 is 2.19 bits per heavy atom. The smallest absolute Gasteiger partial charge is 0.142 e. The first-order chi connectivity index (χ1) is 12.7. The van der Waals surface area contributed by atoms with Crippen LogP contribution in [0.2, 0.25) is 0 Å². The molecule has 1 aliphatic carbocycles. The summed E-state index contributed by atoms with van der Waals surface area (Å²) in [5, 5.41) is 5.02. The molecule has 5 rings (SSSR count). The number of aromatic nitrogens is 4. The summed E-state index contributed by atoms with van der Waals surface area (Å²) < 4.78 is 5.26. The summed E-state index contributed by atoms with van der Waals surface area (Å²) in [7, 11) is 0. The van der Waals surface area contributed by atoms with Gasteiger partial charge in [0.2, 0.25) is 0 Å². The second-order valence-electron chi connectivity index (χ2n) is 7.33. The minimum atomic E-state index is 0.130. The Morgan fingerprint density at radius 1 is 1.31 bits per heavy atom. The summed E-state index contributed by atoms with van der Waals surface area (Å²) in [4.78, 5) is 17.0. The van der Waals surface area contributed by atoms with Crippen molar-refractivity contribution in [1.29, 1.82) is 0 Å². The molecule has 2 aliphatic rings. The Morgan fingerprint density at radius 3 is 2.96 bits per heavy atom. The van der Waals surface area contributed by atoms with E-state index >= 15 is 0 Å². The van der Waals surface area contributed by atoms with Crippen LogP contribution in [0.1, 0.15) is 30.6 Å². The molecule has 26 heavy (non-hydrogen) atoms. The first kappa shape index (κ1) is 15.4. The average Bonchev–Trinajstić information content (AvgIpc) is 3.09. The zero-order chi connectivity index (χ0) is 17.7. The summed E-state index contributed by atoms with van der Waals surface area (Å²) in [6, 6.07) is 2.06. The number of anilines is 1. The van der Waals surface area contributed by atoms with Gasteiger partial charge in [-0.25, -0.2) is 9.97 Å². The van der Waals surface area contributed by atoms with Crippen LogP contribution in [0, 0.1) is 6.92 Å². The van der Waals surface area contributed by atoms with Crippen LogP contribution in [-0.2, 0) is 0 Å². The maximum absolute atomic E-state index is 5.26. The second kappa shape index (κ2) is 5.59. The summed E-state index contributed by atoms with van der Waals surface area (Å²) in [5.41, 5.74) is 3.06. The molecule has 134 valence electrons. The molecular formula is C19H22N6O. The number of nitrogens with zero attached hydrogens (tertiary/aromatic N) is 5. The van der Waals surface area contributed by atoms with Crippen LogP contribution in [0.5, 0.6) is 0 Å². The SMILES string of the molecule is C=C(c1cnoc1C)N1CCCN(c2ncnc3[nH]ccc23)CC12CC2. The van der Waals surface area contributed by atoms with Crippen molar-refractivity contribution in [2.75, 3.05) is 24.5 Å². The molecular weight excluding hydrogens is 328 g/mol. The summed E-state index contributed by atoms with van der Waals surface area (Å²) in [5.74, 6) is 1.85. The van der Waals surface area contributed by atoms with E-state index in [9.17, 15) is 0 Å². The molecule has 0 amide bonds.